The van der Waals surface area contributed by atoms with Crippen molar-refractivity contribution in [3.63, 3.8) is 0 Å². The lowest BCUT2D eigenvalue weighted by Gasteiger charge is -2.50. The summed E-state index contributed by atoms with van der Waals surface area (Å²) in [6, 6.07) is 7.81. The van der Waals surface area contributed by atoms with Crippen molar-refractivity contribution in [3.05, 3.63) is 41.7 Å². The topological polar surface area (TPSA) is 50.1 Å². The highest BCUT2D eigenvalue weighted by Crippen LogP contribution is 2.43. The first kappa shape index (κ1) is 13.5. The number of benzene rings is 1. The molecule has 0 amide bonds. The average molecular weight is 292 g/mol. The predicted octanol–water partition coefficient (Wildman–Crippen LogP) is 3.10. The van der Waals surface area contributed by atoms with E-state index in [1.165, 1.54) is 0 Å². The molecule has 3 rings (SSSR count). The van der Waals surface area contributed by atoms with Crippen molar-refractivity contribution in [2.75, 3.05) is 5.32 Å². The fourth-order valence-corrected chi connectivity index (χ4v) is 2.74. The Balaban J connectivity index is 1.91. The van der Waals surface area contributed by atoms with Crippen molar-refractivity contribution >= 4 is 17.3 Å². The molecule has 0 saturated heterocycles. The van der Waals surface area contributed by atoms with Crippen molar-refractivity contribution in [2.45, 2.75) is 32.4 Å². The highest BCUT2D eigenvalue weighted by Gasteiger charge is 2.47. The number of anilines is 1. The third-order valence-electron chi connectivity index (χ3n) is 4.26. The molecule has 2 N–H and O–H groups in total. The fraction of sp³-hybridized carbons (Fsp3) is 0.400. The first-order valence-electron chi connectivity index (χ1n) is 6.72. The molecule has 1 aliphatic carbocycles. The van der Waals surface area contributed by atoms with Crippen LogP contribution in [-0.4, -0.2) is 27.0 Å². The minimum absolute atomic E-state index is 0.135. The molecule has 2 atom stereocenters. The maximum Gasteiger partial charge on any atom is 0.0877 e. The zero-order valence-corrected chi connectivity index (χ0v) is 12.3. The minimum atomic E-state index is -0.257. The van der Waals surface area contributed by atoms with E-state index in [-0.39, 0.29) is 17.6 Å². The third-order valence-corrected chi connectivity index (χ3v) is 4.49. The second-order valence-corrected chi connectivity index (χ2v) is 6.32. The van der Waals surface area contributed by atoms with Crippen molar-refractivity contribution in [2.24, 2.45) is 5.41 Å². The van der Waals surface area contributed by atoms with Gasteiger partial charge in [-0.2, -0.15) is 5.10 Å². The molecule has 2 unspecified atom stereocenters. The zero-order chi connectivity index (χ0) is 14.3. The number of rotatable bonds is 3. The Labute approximate surface area is 123 Å². The van der Waals surface area contributed by atoms with E-state index in [4.69, 9.17) is 11.6 Å². The van der Waals surface area contributed by atoms with Crippen LogP contribution in [0.25, 0.3) is 5.69 Å². The maximum atomic E-state index is 9.85. The monoisotopic (exact) mass is 291 g/mol. The zero-order valence-electron chi connectivity index (χ0n) is 11.5. The lowest BCUT2D eigenvalue weighted by atomic mass is 9.64. The Hall–Kier alpha value is -1.52. The summed E-state index contributed by atoms with van der Waals surface area (Å²) in [5.74, 6) is 0. The van der Waals surface area contributed by atoms with Crippen molar-refractivity contribution in [1.82, 2.24) is 9.78 Å². The van der Waals surface area contributed by atoms with Crippen LogP contribution in [0, 0.1) is 5.41 Å². The van der Waals surface area contributed by atoms with Crippen LogP contribution in [0.2, 0.25) is 5.02 Å². The van der Waals surface area contributed by atoms with Gasteiger partial charge >= 0.3 is 0 Å². The number of nitrogens with one attached hydrogen (secondary N) is 1. The lowest BCUT2D eigenvalue weighted by molar-refractivity contribution is -0.0510. The highest BCUT2D eigenvalue weighted by atomic mass is 35.5. The number of nitrogens with zero attached hydrogens (tertiary/aromatic N) is 2. The number of hydrogen-bond donors (Lipinski definition) is 2. The summed E-state index contributed by atoms with van der Waals surface area (Å²) in [4.78, 5) is 0. The van der Waals surface area contributed by atoms with Gasteiger partial charge in [0.15, 0.2) is 0 Å². The van der Waals surface area contributed by atoms with Crippen LogP contribution in [-0.2, 0) is 0 Å². The van der Waals surface area contributed by atoms with Gasteiger partial charge in [0, 0.05) is 28.9 Å². The van der Waals surface area contributed by atoms with Crippen LogP contribution >= 0.6 is 11.6 Å². The second kappa shape index (κ2) is 4.79. The molecule has 0 radical (unpaired) electrons. The lowest BCUT2D eigenvalue weighted by Crippen LogP contribution is -2.57. The first-order valence-corrected chi connectivity index (χ1v) is 7.10. The Morgan fingerprint density at radius 1 is 1.45 bits per heavy atom. The van der Waals surface area contributed by atoms with Gasteiger partial charge in [-0.25, -0.2) is 4.68 Å². The fourth-order valence-electron chi connectivity index (χ4n) is 2.57. The Morgan fingerprint density at radius 2 is 2.25 bits per heavy atom. The van der Waals surface area contributed by atoms with Crippen LogP contribution in [0.1, 0.15) is 20.3 Å². The largest absolute Gasteiger partial charge is 0.392 e. The van der Waals surface area contributed by atoms with E-state index in [0.29, 0.717) is 5.02 Å². The normalized spacial score (nSPS) is 24.2. The molecule has 1 heterocycles. The maximum absolute atomic E-state index is 9.85. The second-order valence-electron chi connectivity index (χ2n) is 5.88. The van der Waals surface area contributed by atoms with Crippen molar-refractivity contribution in [3.8, 4) is 5.69 Å². The molecular formula is C15H18ClN3O. The smallest absolute Gasteiger partial charge is 0.0877 e. The van der Waals surface area contributed by atoms with E-state index < -0.39 is 0 Å². The van der Waals surface area contributed by atoms with Gasteiger partial charge in [0.2, 0.25) is 0 Å². The summed E-state index contributed by atoms with van der Waals surface area (Å²) in [6.45, 7) is 4.13. The summed E-state index contributed by atoms with van der Waals surface area (Å²) >= 11 is 6.10. The molecular weight excluding hydrogens is 274 g/mol. The summed E-state index contributed by atoms with van der Waals surface area (Å²) < 4.78 is 1.81. The van der Waals surface area contributed by atoms with Gasteiger partial charge in [0.05, 0.1) is 17.5 Å². The predicted molar refractivity (Wildman–Crippen MR) is 80.4 cm³/mol. The summed E-state index contributed by atoms with van der Waals surface area (Å²) in [5, 5.41) is 18.3. The molecule has 20 heavy (non-hydrogen) atoms. The third kappa shape index (κ3) is 2.19. The van der Waals surface area contributed by atoms with E-state index >= 15 is 0 Å². The molecule has 1 aromatic heterocycles. The Kier molecular flexibility index (Phi) is 3.22. The minimum Gasteiger partial charge on any atom is -0.392 e. The van der Waals surface area contributed by atoms with Crippen molar-refractivity contribution in [1.29, 1.82) is 0 Å². The molecule has 5 heteroatoms. The Morgan fingerprint density at radius 3 is 2.85 bits per heavy atom. The van der Waals surface area contributed by atoms with Gasteiger partial charge in [-0.15, -0.1) is 0 Å². The number of hydrogen-bond acceptors (Lipinski definition) is 3. The van der Waals surface area contributed by atoms with Gasteiger partial charge in [0.25, 0.3) is 0 Å². The number of halogens is 1. The van der Waals surface area contributed by atoms with Crippen LogP contribution in [0.4, 0.5) is 5.69 Å². The van der Waals surface area contributed by atoms with Crippen LogP contribution < -0.4 is 5.32 Å². The molecule has 4 nitrogen and oxygen atoms in total. The van der Waals surface area contributed by atoms with Crippen LogP contribution in [0.15, 0.2) is 36.7 Å². The van der Waals surface area contributed by atoms with Gasteiger partial charge in [-0.3, -0.25) is 0 Å². The molecule has 1 aliphatic rings. The molecule has 2 aromatic rings. The molecule has 1 saturated carbocycles. The molecule has 0 spiro atoms. The number of aromatic nitrogens is 2. The van der Waals surface area contributed by atoms with Gasteiger partial charge < -0.3 is 10.4 Å². The van der Waals surface area contributed by atoms with Gasteiger partial charge in [-0.1, -0.05) is 25.4 Å². The molecule has 1 fully saturated rings. The van der Waals surface area contributed by atoms with E-state index in [0.717, 1.165) is 17.8 Å². The average Bonchev–Trinajstić information content (AvgIpc) is 2.92. The van der Waals surface area contributed by atoms with Crippen LogP contribution in [0.3, 0.4) is 0 Å². The summed E-state index contributed by atoms with van der Waals surface area (Å²) in [6.07, 6.45) is 4.13. The van der Waals surface area contributed by atoms with E-state index in [9.17, 15) is 5.11 Å². The van der Waals surface area contributed by atoms with E-state index in [1.54, 1.807) is 10.9 Å². The number of aliphatic hydroxyl groups excluding tert-OH is 1. The van der Waals surface area contributed by atoms with E-state index in [2.05, 4.69) is 24.3 Å². The van der Waals surface area contributed by atoms with E-state index in [1.807, 2.05) is 30.5 Å². The summed E-state index contributed by atoms with van der Waals surface area (Å²) in [7, 11) is 0. The molecule has 0 bridgehead atoms. The standard InChI is InChI=1S/C15H18ClN3O/c1-15(2)13(9-14(15)20)18-11-8-10(16)4-5-12(11)19-7-3-6-17-19/h3-8,13-14,18,20H,9H2,1-2H3. The highest BCUT2D eigenvalue weighted by molar-refractivity contribution is 6.31. The number of aliphatic hydroxyl groups is 1. The summed E-state index contributed by atoms with van der Waals surface area (Å²) in [5.41, 5.74) is 1.76. The SMILES string of the molecule is CC1(C)C(O)CC1Nc1cc(Cl)ccc1-n1cccn1. The van der Waals surface area contributed by atoms with Gasteiger partial charge in [-0.05, 0) is 30.7 Å². The quantitative estimate of drug-likeness (QED) is 0.913. The van der Waals surface area contributed by atoms with Crippen LogP contribution in [0.5, 0.6) is 0 Å². The van der Waals surface area contributed by atoms with Gasteiger partial charge in [0.1, 0.15) is 0 Å². The first-order chi connectivity index (χ1) is 9.48. The molecule has 106 valence electrons. The molecule has 1 aromatic carbocycles. The Bertz CT molecular complexity index is 610. The van der Waals surface area contributed by atoms with Crippen molar-refractivity contribution < 1.29 is 5.11 Å². The molecule has 0 aliphatic heterocycles.